The summed E-state index contributed by atoms with van der Waals surface area (Å²) < 4.78 is 13.1. The standard InChI is InChI=1S/C27H29N5O.C21H22N4O3/c1-18-12-13-26(24(15-18)32-29-22-10-4-5-11-23(22)30-32)33-27-21-9-3-2-7-19(21)16-25(27)31-14-6-8-20(28)17-31;22-12-14-7-8-20(18(10-14)25(26)27)28-21-17-6-2-1-4-15(17)11-19(21)24-9-3-5-16(23)13-24/h2-5,7,9-13,15,20,25,27H,6,8,14,16-17,28H2,1H3;1-2,4,6-8,10,16,19,21H,3,5,9,11,13,23H2/t20-,25+,27+;16-,19+,21+/m00/s1. The minimum Gasteiger partial charge on any atom is -0.482 e. The molecule has 0 saturated carbocycles. The lowest BCUT2D eigenvalue weighted by Crippen LogP contribution is -2.49. The van der Waals surface area contributed by atoms with Crippen molar-refractivity contribution >= 4 is 16.7 Å². The Bertz CT molecular complexity index is 2560. The molecule has 0 unspecified atom stereocenters. The van der Waals surface area contributed by atoms with Crippen LogP contribution in [0.1, 0.15) is 71.3 Å². The fourth-order valence-electron chi connectivity index (χ4n) is 9.64. The Morgan fingerprint density at radius 2 is 1.25 bits per heavy atom. The Kier molecular flexibility index (Phi) is 11.5. The molecular weight excluding hydrogens is 767 g/mol. The van der Waals surface area contributed by atoms with E-state index in [9.17, 15) is 10.1 Å². The highest BCUT2D eigenvalue weighted by Gasteiger charge is 2.41. The third-order valence-electron chi connectivity index (χ3n) is 12.6. The van der Waals surface area contributed by atoms with E-state index in [1.807, 2.05) is 48.5 Å². The van der Waals surface area contributed by atoms with Crippen LogP contribution in [-0.2, 0) is 12.8 Å². The van der Waals surface area contributed by atoms with E-state index in [4.69, 9.17) is 36.4 Å². The Balaban J connectivity index is 0.000000158. The number of likely N-dealkylation sites (tertiary alicyclic amines) is 2. The molecular formula is C48H51N9O4. The van der Waals surface area contributed by atoms with E-state index in [2.05, 4.69) is 65.3 Å². The fraction of sp³-hybridized carbons (Fsp3) is 0.354. The highest BCUT2D eigenvalue weighted by atomic mass is 16.6. The number of aryl methyl sites for hydroxylation is 1. The third kappa shape index (κ3) is 8.45. The number of nitro benzene ring substituents is 1. The van der Waals surface area contributed by atoms with Crippen LogP contribution in [0, 0.1) is 28.4 Å². The second-order valence-corrected chi connectivity index (χ2v) is 16.8. The summed E-state index contributed by atoms with van der Waals surface area (Å²) >= 11 is 0. The van der Waals surface area contributed by atoms with E-state index in [1.54, 1.807) is 10.9 Å². The lowest BCUT2D eigenvalue weighted by Gasteiger charge is -2.38. The number of aromatic nitrogens is 3. The second kappa shape index (κ2) is 17.4. The predicted octanol–water partition coefficient (Wildman–Crippen LogP) is 7.13. The first-order chi connectivity index (χ1) is 29.7. The van der Waals surface area contributed by atoms with Crippen LogP contribution in [0.5, 0.6) is 11.5 Å². The molecule has 6 aromatic rings. The lowest BCUT2D eigenvalue weighted by molar-refractivity contribution is -0.386. The molecule has 4 aliphatic rings. The first-order valence-electron chi connectivity index (χ1n) is 21.3. The van der Waals surface area contributed by atoms with Gasteiger partial charge in [-0.3, -0.25) is 19.9 Å². The molecule has 2 aliphatic heterocycles. The van der Waals surface area contributed by atoms with E-state index in [0.717, 1.165) is 98.3 Å². The Labute approximate surface area is 355 Å². The molecule has 2 fully saturated rings. The number of benzene rings is 5. The number of hydrogen-bond donors (Lipinski definition) is 2. The molecule has 3 heterocycles. The van der Waals surface area contributed by atoms with Crippen LogP contribution < -0.4 is 20.9 Å². The molecule has 13 heteroatoms. The van der Waals surface area contributed by atoms with Gasteiger partial charge in [0.2, 0.25) is 0 Å². The van der Waals surface area contributed by atoms with Crippen molar-refractivity contribution in [2.24, 2.45) is 11.5 Å². The maximum atomic E-state index is 11.5. The molecule has 0 spiro atoms. The zero-order valence-corrected chi connectivity index (χ0v) is 34.3. The van der Waals surface area contributed by atoms with Crippen LogP contribution in [0.3, 0.4) is 0 Å². The van der Waals surface area contributed by atoms with Crippen molar-refractivity contribution in [1.82, 2.24) is 24.8 Å². The Morgan fingerprint density at radius 1 is 0.721 bits per heavy atom. The number of nitrogens with zero attached hydrogens (tertiary/aromatic N) is 7. The van der Waals surface area contributed by atoms with Crippen LogP contribution in [0.4, 0.5) is 5.69 Å². The van der Waals surface area contributed by atoms with E-state index in [-0.39, 0.29) is 53.4 Å². The molecule has 0 amide bonds. The molecule has 0 bridgehead atoms. The van der Waals surface area contributed by atoms with Crippen molar-refractivity contribution in [3.63, 3.8) is 0 Å². The maximum Gasteiger partial charge on any atom is 0.312 e. The van der Waals surface area contributed by atoms with Gasteiger partial charge in [0.15, 0.2) is 5.75 Å². The van der Waals surface area contributed by atoms with Gasteiger partial charge in [-0.25, -0.2) is 0 Å². The van der Waals surface area contributed by atoms with E-state index in [0.29, 0.717) is 0 Å². The molecule has 312 valence electrons. The summed E-state index contributed by atoms with van der Waals surface area (Å²) in [5.74, 6) is 0.992. The quantitative estimate of drug-likeness (QED) is 0.118. The fourth-order valence-corrected chi connectivity index (χ4v) is 9.64. The van der Waals surface area contributed by atoms with Gasteiger partial charge in [-0.05, 0) is 123 Å². The first-order valence-corrected chi connectivity index (χ1v) is 21.3. The molecule has 10 rings (SSSR count). The monoisotopic (exact) mass is 817 g/mol. The molecule has 0 radical (unpaired) electrons. The number of piperidine rings is 2. The molecule has 2 aliphatic carbocycles. The first kappa shape index (κ1) is 40.2. The zero-order valence-electron chi connectivity index (χ0n) is 34.3. The van der Waals surface area contributed by atoms with Crippen molar-refractivity contribution < 1.29 is 14.4 Å². The minimum atomic E-state index is -0.497. The minimum absolute atomic E-state index is 0.0575. The maximum absolute atomic E-state index is 11.5. The van der Waals surface area contributed by atoms with Gasteiger partial charge in [0.05, 0.1) is 28.6 Å². The van der Waals surface area contributed by atoms with Gasteiger partial charge in [-0.2, -0.15) is 5.26 Å². The van der Waals surface area contributed by atoms with Gasteiger partial charge < -0.3 is 20.9 Å². The average molecular weight is 818 g/mol. The second-order valence-electron chi connectivity index (χ2n) is 16.8. The normalized spacial score (nSPS) is 23.6. The van der Waals surface area contributed by atoms with E-state index >= 15 is 0 Å². The molecule has 2 saturated heterocycles. The Morgan fingerprint density at radius 3 is 1.79 bits per heavy atom. The van der Waals surface area contributed by atoms with Gasteiger partial charge in [0, 0.05) is 31.2 Å². The van der Waals surface area contributed by atoms with E-state index < -0.39 is 4.92 Å². The largest absolute Gasteiger partial charge is 0.482 e. The van der Waals surface area contributed by atoms with E-state index in [1.165, 1.54) is 28.8 Å². The summed E-state index contributed by atoms with van der Waals surface area (Å²) in [6.45, 7) is 5.82. The number of hydrogen-bond acceptors (Lipinski definition) is 11. The molecule has 1 aromatic heterocycles. The highest BCUT2D eigenvalue weighted by molar-refractivity contribution is 5.73. The van der Waals surface area contributed by atoms with Crippen LogP contribution in [0.2, 0.25) is 0 Å². The zero-order chi connectivity index (χ0) is 42.0. The van der Waals surface area contributed by atoms with Crippen molar-refractivity contribution in [2.45, 2.75) is 81.8 Å². The lowest BCUT2D eigenvalue weighted by atomic mass is 10.0. The number of nitriles is 1. The van der Waals surface area contributed by atoms with Crippen LogP contribution in [-0.4, -0.2) is 80.1 Å². The van der Waals surface area contributed by atoms with Gasteiger partial charge >= 0.3 is 5.69 Å². The summed E-state index contributed by atoms with van der Waals surface area (Å²) in [6.07, 6.45) is 5.74. The third-order valence-corrected chi connectivity index (χ3v) is 12.6. The summed E-state index contributed by atoms with van der Waals surface area (Å²) in [5.41, 5.74) is 21.2. The summed E-state index contributed by atoms with van der Waals surface area (Å²) in [4.78, 5) is 17.6. The number of rotatable bonds is 8. The number of nitrogens with two attached hydrogens (primary N) is 2. The van der Waals surface area contributed by atoms with Crippen molar-refractivity contribution in [1.29, 1.82) is 5.26 Å². The van der Waals surface area contributed by atoms with Crippen LogP contribution in [0.15, 0.2) is 109 Å². The summed E-state index contributed by atoms with van der Waals surface area (Å²) in [6, 6.07) is 37.9. The van der Waals surface area contributed by atoms with Crippen molar-refractivity contribution in [3.05, 3.63) is 153 Å². The summed E-state index contributed by atoms with van der Waals surface area (Å²) in [7, 11) is 0. The Hall–Kier alpha value is -6.17. The smallest absolute Gasteiger partial charge is 0.312 e. The van der Waals surface area contributed by atoms with Crippen molar-refractivity contribution in [2.75, 3.05) is 26.2 Å². The SMILES string of the molecule is Cc1ccc(O[C@@H]2c3ccccc3C[C@H]2N2CCC[C@H](N)C2)c(-n2nc3ccccc3n2)c1.N#Cc1ccc(O[C@@H]2c3ccccc3C[C@H]2N2CCC[C@H](N)C2)c([N+](=O)[O-])c1. The number of nitro groups is 1. The molecule has 5 aromatic carbocycles. The highest BCUT2D eigenvalue weighted by Crippen LogP contribution is 2.42. The van der Waals surface area contributed by atoms with Gasteiger partial charge in [0.1, 0.15) is 34.7 Å². The predicted molar refractivity (Wildman–Crippen MR) is 234 cm³/mol. The van der Waals surface area contributed by atoms with Crippen LogP contribution >= 0.6 is 0 Å². The van der Waals surface area contributed by atoms with Gasteiger partial charge in [-0.1, -0.05) is 66.7 Å². The molecule has 61 heavy (non-hydrogen) atoms. The molecule has 13 nitrogen and oxygen atoms in total. The van der Waals surface area contributed by atoms with Gasteiger partial charge in [-0.15, -0.1) is 15.0 Å². The summed E-state index contributed by atoms with van der Waals surface area (Å²) in [5, 5.41) is 30.0. The number of fused-ring (bicyclic) bond motifs is 3. The van der Waals surface area contributed by atoms with Crippen LogP contribution in [0.25, 0.3) is 16.7 Å². The number of ether oxygens (including phenoxy) is 2. The topological polar surface area (TPSA) is 175 Å². The van der Waals surface area contributed by atoms with Crippen molar-refractivity contribution in [3.8, 4) is 23.3 Å². The average Bonchev–Trinajstić information content (AvgIpc) is 3.98. The van der Waals surface area contributed by atoms with Gasteiger partial charge in [0.25, 0.3) is 0 Å². The molecule has 6 atom stereocenters. The molecule has 4 N–H and O–H groups in total.